The molecule has 0 spiro atoms. The fourth-order valence-electron chi connectivity index (χ4n) is 3.91. The van der Waals surface area contributed by atoms with Crippen LogP contribution in [-0.2, 0) is 11.3 Å². The van der Waals surface area contributed by atoms with E-state index in [0.29, 0.717) is 29.2 Å². The van der Waals surface area contributed by atoms with Gasteiger partial charge in [0.2, 0.25) is 5.91 Å². The van der Waals surface area contributed by atoms with Crippen LogP contribution >= 0.6 is 0 Å². The van der Waals surface area contributed by atoms with Crippen molar-refractivity contribution in [2.75, 3.05) is 6.54 Å². The number of imide groups is 1. The number of aromatic amines is 1. The first kappa shape index (κ1) is 22.0. The summed E-state index contributed by atoms with van der Waals surface area (Å²) in [6.45, 7) is 6.37. The summed E-state index contributed by atoms with van der Waals surface area (Å²) < 4.78 is 0. The van der Waals surface area contributed by atoms with Crippen LogP contribution in [0.3, 0.4) is 0 Å². The first-order chi connectivity index (χ1) is 14.3. The molecule has 3 N–H and O–H groups in total. The molecule has 1 fully saturated rings. The number of benzene rings is 1. The molecule has 2 aromatic rings. The molecule has 8 heteroatoms. The molecule has 1 aliphatic carbocycles. The number of nitrogens with one attached hydrogen (secondary N) is 3. The van der Waals surface area contributed by atoms with Crippen LogP contribution in [0.2, 0.25) is 0 Å². The predicted octanol–water partition coefficient (Wildman–Crippen LogP) is 2.54. The van der Waals surface area contributed by atoms with Gasteiger partial charge in [-0.3, -0.25) is 19.8 Å². The van der Waals surface area contributed by atoms with E-state index in [1.54, 1.807) is 18.2 Å². The number of fused-ring (bicyclic) bond motifs is 1. The second-order valence-corrected chi connectivity index (χ2v) is 8.42. The number of aromatic nitrogens is 2. The fraction of sp³-hybridized carbons (Fsp3) is 0.545. The lowest BCUT2D eigenvalue weighted by atomic mass is 9.86. The number of H-pyrrole nitrogens is 1. The highest BCUT2D eigenvalue weighted by atomic mass is 16.2. The zero-order chi connectivity index (χ0) is 21.7. The Labute approximate surface area is 176 Å². The van der Waals surface area contributed by atoms with Gasteiger partial charge < -0.3 is 10.3 Å². The van der Waals surface area contributed by atoms with Crippen LogP contribution in [0.15, 0.2) is 29.1 Å². The maximum absolute atomic E-state index is 12.5. The van der Waals surface area contributed by atoms with Crippen molar-refractivity contribution in [3.63, 3.8) is 0 Å². The van der Waals surface area contributed by atoms with Crippen molar-refractivity contribution in [3.8, 4) is 0 Å². The third kappa shape index (κ3) is 5.66. The summed E-state index contributed by atoms with van der Waals surface area (Å²) in [5.74, 6) is 0.524. The van der Waals surface area contributed by atoms with Gasteiger partial charge in [0, 0.05) is 12.1 Å². The number of hydrogen-bond acceptors (Lipinski definition) is 5. The predicted molar refractivity (Wildman–Crippen MR) is 116 cm³/mol. The van der Waals surface area contributed by atoms with E-state index in [2.05, 4.69) is 27.5 Å². The number of carbonyl (C=O) groups excluding carboxylic acids is 2. The number of hydrogen-bond donors (Lipinski definition) is 3. The molecule has 1 aliphatic rings. The van der Waals surface area contributed by atoms with E-state index in [9.17, 15) is 14.4 Å². The van der Waals surface area contributed by atoms with Crippen LogP contribution in [0.25, 0.3) is 10.9 Å². The highest BCUT2D eigenvalue weighted by Gasteiger charge is 2.24. The molecule has 2 atom stereocenters. The molecular weight excluding hydrogens is 382 g/mol. The summed E-state index contributed by atoms with van der Waals surface area (Å²) in [6, 6.07) is 6.83. The second kappa shape index (κ2) is 9.84. The fourth-order valence-corrected chi connectivity index (χ4v) is 3.91. The molecule has 0 saturated heterocycles. The Morgan fingerprint density at radius 3 is 2.70 bits per heavy atom. The van der Waals surface area contributed by atoms with Crippen LogP contribution < -0.4 is 16.2 Å². The Hall–Kier alpha value is -2.74. The molecule has 0 radical (unpaired) electrons. The number of rotatable bonds is 6. The number of para-hydroxylation sites is 1. The normalized spacial score (nSPS) is 19.2. The third-order valence-corrected chi connectivity index (χ3v) is 5.77. The van der Waals surface area contributed by atoms with E-state index < -0.39 is 6.03 Å². The van der Waals surface area contributed by atoms with E-state index in [-0.39, 0.29) is 30.1 Å². The average molecular weight is 414 g/mol. The minimum atomic E-state index is -0.445. The summed E-state index contributed by atoms with van der Waals surface area (Å²) in [4.78, 5) is 46.1. The number of amides is 3. The number of carbonyl (C=O) groups is 2. The average Bonchev–Trinajstić information content (AvgIpc) is 2.69. The molecule has 30 heavy (non-hydrogen) atoms. The quantitative estimate of drug-likeness (QED) is 0.675. The van der Waals surface area contributed by atoms with Gasteiger partial charge in [-0.25, -0.2) is 9.78 Å². The van der Waals surface area contributed by atoms with E-state index in [0.717, 1.165) is 19.3 Å². The molecule has 0 bridgehead atoms. The molecule has 2 unspecified atom stereocenters. The van der Waals surface area contributed by atoms with Crippen LogP contribution in [0.5, 0.6) is 0 Å². The molecule has 3 amide bonds. The van der Waals surface area contributed by atoms with Crippen molar-refractivity contribution in [2.24, 2.45) is 5.92 Å². The zero-order valence-corrected chi connectivity index (χ0v) is 17.9. The molecule has 1 aromatic heterocycles. The van der Waals surface area contributed by atoms with Gasteiger partial charge in [-0.2, -0.15) is 0 Å². The first-order valence-electron chi connectivity index (χ1n) is 10.7. The monoisotopic (exact) mass is 413 g/mol. The summed E-state index contributed by atoms with van der Waals surface area (Å²) in [5.41, 5.74) is 0.412. The van der Waals surface area contributed by atoms with Crippen molar-refractivity contribution in [2.45, 2.75) is 65.1 Å². The van der Waals surface area contributed by atoms with Crippen molar-refractivity contribution in [1.29, 1.82) is 0 Å². The molecule has 0 aliphatic heterocycles. The highest BCUT2D eigenvalue weighted by molar-refractivity contribution is 5.95. The van der Waals surface area contributed by atoms with Crippen LogP contribution in [0.1, 0.15) is 52.3 Å². The maximum atomic E-state index is 12.5. The standard InChI is InChI=1S/C22H31N5O3/c1-14(2)27(12-19-23-18-11-7-5-9-16(18)21(29)25-19)13-20(28)26-22(30)24-17-10-6-4-8-15(17)3/h5,7,9,11,14-15,17H,4,6,8,10,12-13H2,1-3H3,(H,23,25,29)(H2,24,26,28,30). The topological polar surface area (TPSA) is 107 Å². The van der Waals surface area contributed by atoms with Crippen LogP contribution in [0, 0.1) is 5.92 Å². The van der Waals surface area contributed by atoms with Gasteiger partial charge in [-0.15, -0.1) is 0 Å². The maximum Gasteiger partial charge on any atom is 0.321 e. The van der Waals surface area contributed by atoms with Crippen LogP contribution in [0.4, 0.5) is 4.79 Å². The van der Waals surface area contributed by atoms with Crippen molar-refractivity contribution in [3.05, 3.63) is 40.4 Å². The van der Waals surface area contributed by atoms with Crippen molar-refractivity contribution in [1.82, 2.24) is 25.5 Å². The molecule has 1 saturated carbocycles. The Morgan fingerprint density at radius 2 is 1.97 bits per heavy atom. The summed E-state index contributed by atoms with van der Waals surface area (Å²) in [5, 5.41) is 5.90. The molecule has 3 rings (SSSR count). The van der Waals surface area contributed by atoms with Crippen LogP contribution in [-0.4, -0.2) is 45.4 Å². The van der Waals surface area contributed by atoms with Gasteiger partial charge in [0.1, 0.15) is 5.82 Å². The largest absolute Gasteiger partial charge is 0.335 e. The lowest BCUT2D eigenvalue weighted by Gasteiger charge is -2.29. The number of urea groups is 1. The van der Waals surface area contributed by atoms with Crippen molar-refractivity contribution < 1.29 is 9.59 Å². The third-order valence-electron chi connectivity index (χ3n) is 5.77. The summed E-state index contributed by atoms with van der Waals surface area (Å²) >= 11 is 0. The smallest absolute Gasteiger partial charge is 0.321 e. The lowest BCUT2D eigenvalue weighted by Crippen LogP contribution is -2.50. The summed E-state index contributed by atoms with van der Waals surface area (Å²) in [7, 11) is 0. The minimum absolute atomic E-state index is 0.0222. The molecular formula is C22H31N5O3. The molecule has 162 valence electrons. The Balaban J connectivity index is 1.60. The minimum Gasteiger partial charge on any atom is -0.335 e. The zero-order valence-electron chi connectivity index (χ0n) is 17.9. The van der Waals surface area contributed by atoms with Gasteiger partial charge in [-0.1, -0.05) is 31.9 Å². The molecule has 1 aromatic carbocycles. The molecule has 8 nitrogen and oxygen atoms in total. The van der Waals surface area contributed by atoms with Crippen molar-refractivity contribution >= 4 is 22.8 Å². The van der Waals surface area contributed by atoms with E-state index in [1.807, 2.05) is 24.8 Å². The SMILES string of the molecule is CC1CCCCC1NC(=O)NC(=O)CN(Cc1nc2ccccc2c(=O)[nH]1)C(C)C. The van der Waals surface area contributed by atoms with E-state index in [4.69, 9.17) is 0 Å². The Morgan fingerprint density at radius 1 is 1.23 bits per heavy atom. The summed E-state index contributed by atoms with van der Waals surface area (Å²) in [6.07, 6.45) is 4.33. The van der Waals surface area contributed by atoms with Gasteiger partial charge >= 0.3 is 6.03 Å². The molecule has 1 heterocycles. The van der Waals surface area contributed by atoms with E-state index in [1.165, 1.54) is 6.42 Å². The number of nitrogens with zero attached hydrogens (tertiary/aromatic N) is 2. The van der Waals surface area contributed by atoms with Gasteiger partial charge in [0.25, 0.3) is 5.56 Å². The lowest BCUT2D eigenvalue weighted by molar-refractivity contribution is -0.121. The first-order valence-corrected chi connectivity index (χ1v) is 10.7. The van der Waals surface area contributed by atoms with Gasteiger partial charge in [-0.05, 0) is 44.7 Å². The van der Waals surface area contributed by atoms with Gasteiger partial charge in [0.15, 0.2) is 0 Å². The van der Waals surface area contributed by atoms with Gasteiger partial charge in [0.05, 0.1) is 24.0 Å². The Bertz CT molecular complexity index is 955. The Kier molecular flexibility index (Phi) is 7.20. The highest BCUT2D eigenvalue weighted by Crippen LogP contribution is 2.23. The van der Waals surface area contributed by atoms with E-state index >= 15 is 0 Å². The second-order valence-electron chi connectivity index (χ2n) is 8.42.